The van der Waals surface area contributed by atoms with Crippen molar-refractivity contribution in [1.29, 1.82) is 0 Å². The molecule has 0 heterocycles. The molecule has 0 aliphatic carbocycles. The Morgan fingerprint density at radius 3 is 2.53 bits per heavy atom. The molecule has 3 N–H and O–H groups in total. The largest absolute Gasteiger partial charge is 0.478 e. The number of carboxylic acids is 1. The minimum Gasteiger partial charge on any atom is -0.478 e. The molecular formula is C11H15NO2S. The normalized spacial score (nSPS) is 10.7. The molecule has 0 amide bonds. The minimum absolute atomic E-state index is 0.193. The van der Waals surface area contributed by atoms with Gasteiger partial charge in [-0.2, -0.15) is 0 Å². The standard InChI is InChI=1S/C11H15NO2S/c1-6(2)15-8-4-7(3)10(12)9(5-8)11(13)14/h4-6H,12H2,1-3H3,(H,13,14). The predicted octanol–water partition coefficient (Wildman–Crippen LogP) is 2.78. The Labute approximate surface area is 93.7 Å². The summed E-state index contributed by atoms with van der Waals surface area (Å²) in [6.07, 6.45) is 0. The summed E-state index contributed by atoms with van der Waals surface area (Å²) >= 11 is 1.63. The summed E-state index contributed by atoms with van der Waals surface area (Å²) in [5.41, 5.74) is 7.06. The van der Waals surface area contributed by atoms with Crippen molar-refractivity contribution < 1.29 is 9.90 Å². The molecule has 3 nitrogen and oxygen atoms in total. The van der Waals surface area contributed by atoms with E-state index in [1.165, 1.54) is 0 Å². The lowest BCUT2D eigenvalue weighted by Crippen LogP contribution is -2.04. The average molecular weight is 225 g/mol. The van der Waals surface area contributed by atoms with Crippen LogP contribution in [0.3, 0.4) is 0 Å². The van der Waals surface area contributed by atoms with E-state index in [2.05, 4.69) is 13.8 Å². The van der Waals surface area contributed by atoms with Gasteiger partial charge in [0.25, 0.3) is 0 Å². The second-order valence-electron chi connectivity index (χ2n) is 3.67. The zero-order valence-corrected chi connectivity index (χ0v) is 9.89. The number of nitrogen functional groups attached to an aromatic ring is 1. The van der Waals surface area contributed by atoms with Gasteiger partial charge in [0.2, 0.25) is 0 Å². The van der Waals surface area contributed by atoms with E-state index in [0.717, 1.165) is 10.5 Å². The average Bonchev–Trinajstić information content (AvgIpc) is 2.09. The number of benzene rings is 1. The van der Waals surface area contributed by atoms with Crippen molar-refractivity contribution in [2.75, 3.05) is 5.73 Å². The molecule has 1 rings (SSSR count). The first kappa shape index (κ1) is 11.9. The number of aromatic carboxylic acids is 1. The van der Waals surface area contributed by atoms with Crippen LogP contribution in [0.1, 0.15) is 29.8 Å². The van der Waals surface area contributed by atoms with Crippen molar-refractivity contribution in [3.05, 3.63) is 23.3 Å². The first-order valence-electron chi connectivity index (χ1n) is 4.72. The summed E-state index contributed by atoms with van der Waals surface area (Å²) in [5.74, 6) is -0.971. The van der Waals surface area contributed by atoms with Crippen LogP contribution in [0.2, 0.25) is 0 Å². The van der Waals surface area contributed by atoms with Crippen molar-refractivity contribution in [2.45, 2.75) is 30.9 Å². The number of carbonyl (C=O) groups is 1. The molecule has 1 aromatic rings. The van der Waals surface area contributed by atoms with E-state index in [4.69, 9.17) is 10.8 Å². The Hall–Kier alpha value is -1.16. The maximum atomic E-state index is 10.9. The number of hydrogen-bond donors (Lipinski definition) is 2. The van der Waals surface area contributed by atoms with Gasteiger partial charge in [-0.25, -0.2) is 4.79 Å². The molecule has 15 heavy (non-hydrogen) atoms. The number of hydrogen-bond acceptors (Lipinski definition) is 3. The maximum absolute atomic E-state index is 10.9. The van der Waals surface area contributed by atoms with E-state index in [0.29, 0.717) is 10.9 Å². The number of anilines is 1. The van der Waals surface area contributed by atoms with Gasteiger partial charge in [-0.15, -0.1) is 11.8 Å². The highest BCUT2D eigenvalue weighted by Gasteiger charge is 2.12. The van der Waals surface area contributed by atoms with Crippen LogP contribution in [-0.4, -0.2) is 16.3 Å². The van der Waals surface area contributed by atoms with E-state index < -0.39 is 5.97 Å². The number of carboxylic acid groups (broad SMARTS) is 1. The van der Waals surface area contributed by atoms with Crippen molar-refractivity contribution in [1.82, 2.24) is 0 Å². The first-order valence-corrected chi connectivity index (χ1v) is 5.60. The Bertz CT molecular complexity index is 388. The Kier molecular flexibility index (Phi) is 3.63. The lowest BCUT2D eigenvalue weighted by Gasteiger charge is -2.10. The van der Waals surface area contributed by atoms with Crippen LogP contribution in [-0.2, 0) is 0 Å². The topological polar surface area (TPSA) is 63.3 Å². The van der Waals surface area contributed by atoms with Gasteiger partial charge in [-0.05, 0) is 24.6 Å². The molecule has 0 atom stereocenters. The monoisotopic (exact) mass is 225 g/mol. The van der Waals surface area contributed by atoms with Crippen LogP contribution in [0, 0.1) is 6.92 Å². The van der Waals surface area contributed by atoms with Gasteiger partial charge < -0.3 is 10.8 Å². The molecule has 82 valence electrons. The number of thioether (sulfide) groups is 1. The quantitative estimate of drug-likeness (QED) is 0.613. The van der Waals surface area contributed by atoms with Gasteiger partial charge in [0.1, 0.15) is 0 Å². The summed E-state index contributed by atoms with van der Waals surface area (Å²) < 4.78 is 0. The van der Waals surface area contributed by atoms with Crippen LogP contribution in [0.15, 0.2) is 17.0 Å². The summed E-state index contributed by atoms with van der Waals surface area (Å²) in [4.78, 5) is 11.9. The highest BCUT2D eigenvalue weighted by Crippen LogP contribution is 2.28. The molecule has 0 unspecified atom stereocenters. The minimum atomic E-state index is -0.971. The van der Waals surface area contributed by atoms with E-state index in [1.54, 1.807) is 17.8 Å². The molecule has 0 aliphatic rings. The molecule has 0 fully saturated rings. The zero-order chi connectivity index (χ0) is 11.6. The number of rotatable bonds is 3. The van der Waals surface area contributed by atoms with Crippen molar-refractivity contribution >= 4 is 23.4 Å². The molecule has 0 saturated heterocycles. The second-order valence-corrected chi connectivity index (χ2v) is 5.32. The van der Waals surface area contributed by atoms with Crippen LogP contribution < -0.4 is 5.73 Å². The molecule has 0 radical (unpaired) electrons. The summed E-state index contributed by atoms with van der Waals surface area (Å²) in [6, 6.07) is 3.56. The fraction of sp³-hybridized carbons (Fsp3) is 0.364. The van der Waals surface area contributed by atoms with Crippen LogP contribution in [0.5, 0.6) is 0 Å². The second kappa shape index (κ2) is 4.57. The molecular weight excluding hydrogens is 210 g/mol. The maximum Gasteiger partial charge on any atom is 0.337 e. The summed E-state index contributed by atoms with van der Waals surface area (Å²) in [5, 5.41) is 9.39. The molecule has 0 aromatic heterocycles. The molecule has 0 spiro atoms. The van der Waals surface area contributed by atoms with Gasteiger partial charge in [0, 0.05) is 15.8 Å². The smallest absolute Gasteiger partial charge is 0.337 e. The van der Waals surface area contributed by atoms with E-state index in [-0.39, 0.29) is 5.56 Å². The molecule has 0 bridgehead atoms. The van der Waals surface area contributed by atoms with Crippen LogP contribution in [0.25, 0.3) is 0 Å². The third kappa shape index (κ3) is 2.89. The third-order valence-electron chi connectivity index (χ3n) is 1.96. The van der Waals surface area contributed by atoms with E-state index in [1.807, 2.05) is 13.0 Å². The van der Waals surface area contributed by atoms with Crippen molar-refractivity contribution in [2.24, 2.45) is 0 Å². The molecule has 1 aromatic carbocycles. The molecule has 4 heteroatoms. The predicted molar refractivity (Wildman–Crippen MR) is 63.5 cm³/mol. The highest BCUT2D eigenvalue weighted by molar-refractivity contribution is 7.99. The van der Waals surface area contributed by atoms with Crippen LogP contribution >= 0.6 is 11.8 Å². The lowest BCUT2D eigenvalue weighted by atomic mass is 10.1. The number of nitrogens with two attached hydrogens (primary N) is 1. The SMILES string of the molecule is Cc1cc(SC(C)C)cc(C(=O)O)c1N. The fourth-order valence-electron chi connectivity index (χ4n) is 1.28. The highest BCUT2D eigenvalue weighted by atomic mass is 32.2. The lowest BCUT2D eigenvalue weighted by molar-refractivity contribution is 0.0697. The Morgan fingerprint density at radius 2 is 2.07 bits per heavy atom. The van der Waals surface area contributed by atoms with Gasteiger partial charge in [-0.3, -0.25) is 0 Å². The summed E-state index contributed by atoms with van der Waals surface area (Å²) in [6.45, 7) is 5.96. The van der Waals surface area contributed by atoms with Crippen molar-refractivity contribution in [3.63, 3.8) is 0 Å². The summed E-state index contributed by atoms with van der Waals surface area (Å²) in [7, 11) is 0. The zero-order valence-electron chi connectivity index (χ0n) is 9.07. The van der Waals surface area contributed by atoms with Gasteiger partial charge in [-0.1, -0.05) is 13.8 Å². The Balaban J connectivity index is 3.17. The molecule has 0 aliphatic heterocycles. The fourth-order valence-corrected chi connectivity index (χ4v) is 2.26. The van der Waals surface area contributed by atoms with Crippen LogP contribution in [0.4, 0.5) is 5.69 Å². The van der Waals surface area contributed by atoms with Gasteiger partial charge in [0.15, 0.2) is 0 Å². The molecule has 0 saturated carbocycles. The van der Waals surface area contributed by atoms with Crippen molar-refractivity contribution in [3.8, 4) is 0 Å². The Morgan fingerprint density at radius 1 is 1.47 bits per heavy atom. The third-order valence-corrected chi connectivity index (χ3v) is 2.94. The van der Waals surface area contributed by atoms with Gasteiger partial charge in [0.05, 0.1) is 5.56 Å². The van der Waals surface area contributed by atoms with Gasteiger partial charge >= 0.3 is 5.97 Å². The first-order chi connectivity index (χ1) is 6.91. The number of aryl methyl sites for hydroxylation is 1. The van der Waals surface area contributed by atoms with E-state index >= 15 is 0 Å². The van der Waals surface area contributed by atoms with E-state index in [9.17, 15) is 4.79 Å².